The summed E-state index contributed by atoms with van der Waals surface area (Å²) in [5.74, 6) is 0.127. The predicted molar refractivity (Wildman–Crippen MR) is 85.8 cm³/mol. The molecular weight excluding hydrogens is 298 g/mol. The third-order valence-electron chi connectivity index (χ3n) is 2.91. The van der Waals surface area contributed by atoms with Gasteiger partial charge in [0.15, 0.2) is 0 Å². The van der Waals surface area contributed by atoms with E-state index < -0.39 is 10.8 Å². The summed E-state index contributed by atoms with van der Waals surface area (Å²) in [4.78, 5) is 22.1. The second-order valence-electron chi connectivity index (χ2n) is 4.48. The van der Waals surface area contributed by atoms with Crippen LogP contribution in [0.15, 0.2) is 53.6 Å². The van der Waals surface area contributed by atoms with Gasteiger partial charge in [-0.15, -0.1) is 0 Å². The molecule has 1 amide bonds. The molecule has 0 radical (unpaired) electrons. The van der Waals surface area contributed by atoms with E-state index in [-0.39, 0.29) is 11.3 Å². The molecule has 0 heterocycles. The number of nitrogens with one attached hydrogen (secondary N) is 1. The average Bonchev–Trinajstić information content (AvgIpc) is 2.56. The summed E-state index contributed by atoms with van der Waals surface area (Å²) in [6, 6.07) is 12.7. The second-order valence-corrected chi connectivity index (χ2v) is 4.48. The van der Waals surface area contributed by atoms with Gasteiger partial charge in [0, 0.05) is 23.3 Å². The minimum atomic E-state index is -0.557. The van der Waals surface area contributed by atoms with Crippen LogP contribution in [0.5, 0.6) is 5.75 Å². The molecule has 0 spiro atoms. The van der Waals surface area contributed by atoms with Gasteiger partial charge in [0.1, 0.15) is 5.75 Å². The molecule has 0 bridgehead atoms. The second kappa shape index (κ2) is 7.69. The van der Waals surface area contributed by atoms with Crippen LogP contribution in [0.1, 0.15) is 22.8 Å². The van der Waals surface area contributed by atoms with Gasteiger partial charge >= 0.3 is 0 Å². The lowest BCUT2D eigenvalue weighted by Gasteiger charge is -2.05. The van der Waals surface area contributed by atoms with Crippen LogP contribution in [-0.4, -0.2) is 23.7 Å². The van der Waals surface area contributed by atoms with E-state index in [2.05, 4.69) is 10.5 Å². The first-order valence-electron chi connectivity index (χ1n) is 6.91. The van der Waals surface area contributed by atoms with Crippen molar-refractivity contribution in [3.05, 3.63) is 69.8 Å². The summed E-state index contributed by atoms with van der Waals surface area (Å²) in [7, 11) is 0. The molecule has 0 aliphatic carbocycles. The Bertz CT molecular complexity index is 744. The van der Waals surface area contributed by atoms with E-state index in [9.17, 15) is 14.9 Å². The number of nitrogens with zero attached hydrogens (tertiary/aromatic N) is 2. The fraction of sp³-hybridized carbons (Fsp3) is 0.125. The van der Waals surface area contributed by atoms with Crippen LogP contribution >= 0.6 is 0 Å². The number of non-ortho nitro benzene ring substituents is 1. The van der Waals surface area contributed by atoms with E-state index in [1.165, 1.54) is 30.5 Å². The van der Waals surface area contributed by atoms with Gasteiger partial charge in [-0.1, -0.05) is 18.2 Å². The van der Waals surface area contributed by atoms with E-state index in [1.807, 2.05) is 19.1 Å². The van der Waals surface area contributed by atoms with E-state index in [0.717, 1.165) is 0 Å². The summed E-state index contributed by atoms with van der Waals surface area (Å²) in [6.07, 6.45) is 1.46. The minimum Gasteiger partial charge on any atom is -0.493 e. The van der Waals surface area contributed by atoms with E-state index in [1.54, 1.807) is 12.1 Å². The molecule has 23 heavy (non-hydrogen) atoms. The molecule has 2 aromatic rings. The molecule has 2 aromatic carbocycles. The van der Waals surface area contributed by atoms with Crippen molar-refractivity contribution in [3.8, 4) is 5.75 Å². The van der Waals surface area contributed by atoms with Crippen LogP contribution in [0.3, 0.4) is 0 Å². The highest BCUT2D eigenvalue weighted by atomic mass is 16.6. The van der Waals surface area contributed by atoms with Crippen molar-refractivity contribution in [2.75, 3.05) is 6.61 Å². The lowest BCUT2D eigenvalue weighted by atomic mass is 10.2. The SMILES string of the molecule is CCOc1ccccc1C=NNC(=O)c1cccc([N+](=O)[O-])c1. The van der Waals surface area contributed by atoms with E-state index >= 15 is 0 Å². The van der Waals surface area contributed by atoms with Gasteiger partial charge in [-0.05, 0) is 25.1 Å². The molecule has 0 aliphatic rings. The van der Waals surface area contributed by atoms with Crippen molar-refractivity contribution in [1.29, 1.82) is 0 Å². The number of carbonyl (C=O) groups is 1. The topological polar surface area (TPSA) is 93.8 Å². The van der Waals surface area contributed by atoms with E-state index in [0.29, 0.717) is 17.9 Å². The number of ether oxygens (including phenoxy) is 1. The van der Waals surface area contributed by atoms with E-state index in [4.69, 9.17) is 4.74 Å². The number of carbonyl (C=O) groups excluding carboxylic acids is 1. The first-order valence-corrected chi connectivity index (χ1v) is 6.91. The van der Waals surface area contributed by atoms with Crippen LogP contribution in [-0.2, 0) is 0 Å². The Hall–Kier alpha value is -3.22. The number of hydrogen-bond acceptors (Lipinski definition) is 5. The highest BCUT2D eigenvalue weighted by molar-refractivity contribution is 5.95. The summed E-state index contributed by atoms with van der Waals surface area (Å²) in [5.41, 5.74) is 3.06. The summed E-state index contributed by atoms with van der Waals surface area (Å²) in [6.45, 7) is 2.39. The molecule has 0 saturated carbocycles. The average molecular weight is 313 g/mol. The molecule has 7 heteroatoms. The Morgan fingerprint density at radius 3 is 2.83 bits per heavy atom. The quantitative estimate of drug-likeness (QED) is 0.504. The first kappa shape index (κ1) is 16.2. The summed E-state index contributed by atoms with van der Waals surface area (Å²) >= 11 is 0. The van der Waals surface area contributed by atoms with Crippen LogP contribution < -0.4 is 10.2 Å². The zero-order chi connectivity index (χ0) is 16.7. The third-order valence-corrected chi connectivity index (χ3v) is 2.91. The van der Waals surface area contributed by atoms with Gasteiger partial charge < -0.3 is 4.74 Å². The number of benzene rings is 2. The van der Waals surface area contributed by atoms with Crippen LogP contribution in [0.4, 0.5) is 5.69 Å². The molecule has 0 aromatic heterocycles. The maximum atomic E-state index is 11.9. The molecule has 0 atom stereocenters. The lowest BCUT2D eigenvalue weighted by Crippen LogP contribution is -2.17. The standard InChI is InChI=1S/C16H15N3O4/c1-2-23-15-9-4-3-6-13(15)11-17-18-16(20)12-7-5-8-14(10-12)19(21)22/h3-11H,2H2,1H3,(H,18,20). The Labute approximate surface area is 132 Å². The number of amides is 1. The zero-order valence-electron chi connectivity index (χ0n) is 12.4. The summed E-state index contributed by atoms with van der Waals surface area (Å²) in [5, 5.41) is 14.6. The lowest BCUT2D eigenvalue weighted by molar-refractivity contribution is -0.384. The Morgan fingerprint density at radius 1 is 1.30 bits per heavy atom. The van der Waals surface area contributed by atoms with Gasteiger partial charge in [-0.3, -0.25) is 14.9 Å². The molecule has 2 rings (SSSR count). The molecule has 1 N–H and O–H groups in total. The Morgan fingerprint density at radius 2 is 2.09 bits per heavy atom. The summed E-state index contributed by atoms with van der Waals surface area (Å²) < 4.78 is 5.44. The first-order chi connectivity index (χ1) is 11.1. The fourth-order valence-electron chi connectivity index (χ4n) is 1.86. The van der Waals surface area contributed by atoms with Gasteiger partial charge in [0.25, 0.3) is 11.6 Å². The monoisotopic (exact) mass is 313 g/mol. The Balaban J connectivity index is 2.07. The van der Waals surface area contributed by atoms with Crippen LogP contribution in [0.2, 0.25) is 0 Å². The number of para-hydroxylation sites is 1. The number of nitro groups is 1. The van der Waals surface area contributed by atoms with Crippen molar-refractivity contribution in [1.82, 2.24) is 5.43 Å². The largest absolute Gasteiger partial charge is 0.493 e. The molecule has 0 fully saturated rings. The van der Waals surface area contributed by atoms with Gasteiger partial charge in [0.05, 0.1) is 17.7 Å². The van der Waals surface area contributed by atoms with Crippen molar-refractivity contribution in [2.45, 2.75) is 6.92 Å². The number of nitro benzene ring substituents is 1. The molecule has 0 unspecified atom stereocenters. The normalized spacial score (nSPS) is 10.5. The fourth-order valence-corrected chi connectivity index (χ4v) is 1.86. The smallest absolute Gasteiger partial charge is 0.271 e. The molecule has 118 valence electrons. The van der Waals surface area contributed by atoms with Gasteiger partial charge in [-0.25, -0.2) is 5.43 Å². The maximum absolute atomic E-state index is 11.9. The van der Waals surface area contributed by atoms with Crippen molar-refractivity contribution >= 4 is 17.8 Å². The Kier molecular flexibility index (Phi) is 5.40. The van der Waals surface area contributed by atoms with Crippen molar-refractivity contribution < 1.29 is 14.5 Å². The van der Waals surface area contributed by atoms with Crippen LogP contribution in [0.25, 0.3) is 0 Å². The zero-order valence-corrected chi connectivity index (χ0v) is 12.4. The minimum absolute atomic E-state index is 0.150. The van der Waals surface area contributed by atoms with Gasteiger partial charge in [-0.2, -0.15) is 5.10 Å². The van der Waals surface area contributed by atoms with Crippen LogP contribution in [0, 0.1) is 10.1 Å². The third kappa shape index (κ3) is 4.37. The molecule has 7 nitrogen and oxygen atoms in total. The predicted octanol–water partition coefficient (Wildman–Crippen LogP) is 2.76. The number of hydrazone groups is 1. The number of hydrogen-bond donors (Lipinski definition) is 1. The molecule has 0 aliphatic heterocycles. The van der Waals surface area contributed by atoms with Crippen molar-refractivity contribution in [2.24, 2.45) is 5.10 Å². The highest BCUT2D eigenvalue weighted by Crippen LogP contribution is 2.15. The highest BCUT2D eigenvalue weighted by Gasteiger charge is 2.10. The number of rotatable bonds is 6. The van der Waals surface area contributed by atoms with Gasteiger partial charge in [0.2, 0.25) is 0 Å². The molecular formula is C16H15N3O4. The van der Waals surface area contributed by atoms with Crippen molar-refractivity contribution in [3.63, 3.8) is 0 Å². The maximum Gasteiger partial charge on any atom is 0.271 e. The molecule has 0 saturated heterocycles.